The number of hydrogen-bond acceptors (Lipinski definition) is 2. The first kappa shape index (κ1) is 20.5. The molecule has 4 heteroatoms. The van der Waals surface area contributed by atoms with Gasteiger partial charge in [0.2, 0.25) is 0 Å². The van der Waals surface area contributed by atoms with E-state index in [4.69, 9.17) is 0 Å². The minimum atomic E-state index is 0.0166. The van der Waals surface area contributed by atoms with Crippen LogP contribution in [0.5, 0.6) is 0 Å². The minimum absolute atomic E-state index is 0.0166. The SMILES string of the molecule is Cc1ccc2[nH]cc(C(=O)NC3CCN(C(c4ccccc4)c4ccccc4)CC3)c2c1. The van der Waals surface area contributed by atoms with Crippen LogP contribution in [0.4, 0.5) is 0 Å². The van der Waals surface area contributed by atoms with Crippen molar-refractivity contribution in [1.82, 2.24) is 15.2 Å². The highest BCUT2D eigenvalue weighted by Crippen LogP contribution is 2.31. The second-order valence-corrected chi connectivity index (χ2v) is 8.76. The third-order valence-corrected chi connectivity index (χ3v) is 6.54. The Morgan fingerprint density at radius 3 is 2.19 bits per heavy atom. The van der Waals surface area contributed by atoms with E-state index < -0.39 is 0 Å². The molecule has 0 aliphatic carbocycles. The lowest BCUT2D eigenvalue weighted by atomic mass is 9.94. The maximum Gasteiger partial charge on any atom is 0.253 e. The van der Waals surface area contributed by atoms with Crippen LogP contribution in [0.15, 0.2) is 85.1 Å². The van der Waals surface area contributed by atoms with Crippen molar-refractivity contribution in [3.8, 4) is 0 Å². The molecule has 1 aliphatic rings. The zero-order valence-electron chi connectivity index (χ0n) is 18.4. The average Bonchev–Trinajstić information content (AvgIpc) is 3.25. The van der Waals surface area contributed by atoms with Crippen molar-refractivity contribution in [3.63, 3.8) is 0 Å². The van der Waals surface area contributed by atoms with Crippen LogP contribution in [0.3, 0.4) is 0 Å². The zero-order chi connectivity index (χ0) is 21.9. The molecule has 1 amide bonds. The molecule has 2 heterocycles. The monoisotopic (exact) mass is 423 g/mol. The molecule has 32 heavy (non-hydrogen) atoms. The fourth-order valence-corrected chi connectivity index (χ4v) is 4.87. The predicted octanol–water partition coefficient (Wildman–Crippen LogP) is 5.46. The topological polar surface area (TPSA) is 48.1 Å². The summed E-state index contributed by atoms with van der Waals surface area (Å²) < 4.78 is 0. The van der Waals surface area contributed by atoms with E-state index in [9.17, 15) is 4.79 Å². The summed E-state index contributed by atoms with van der Waals surface area (Å²) in [5, 5.41) is 4.28. The fraction of sp³-hybridized carbons (Fsp3) is 0.250. The first-order valence-electron chi connectivity index (χ1n) is 11.4. The number of carbonyl (C=O) groups excluding carboxylic acids is 1. The standard InChI is InChI=1S/C28H29N3O/c1-20-12-13-26-24(18-20)25(19-29-26)28(32)30-23-14-16-31(17-15-23)27(21-8-4-2-5-9-21)22-10-6-3-7-11-22/h2-13,18-19,23,27,29H,14-17H2,1H3,(H,30,32). The first-order chi connectivity index (χ1) is 15.7. The third-order valence-electron chi connectivity index (χ3n) is 6.54. The lowest BCUT2D eigenvalue weighted by molar-refractivity contribution is 0.0902. The van der Waals surface area contributed by atoms with Gasteiger partial charge in [-0.05, 0) is 43.0 Å². The van der Waals surface area contributed by atoms with Gasteiger partial charge in [-0.15, -0.1) is 0 Å². The van der Waals surface area contributed by atoms with Crippen LogP contribution < -0.4 is 5.32 Å². The van der Waals surface area contributed by atoms with Crippen LogP contribution in [0, 0.1) is 6.92 Å². The number of nitrogens with zero attached hydrogens (tertiary/aromatic N) is 1. The molecule has 1 saturated heterocycles. The van der Waals surface area contributed by atoms with E-state index in [1.54, 1.807) is 0 Å². The summed E-state index contributed by atoms with van der Waals surface area (Å²) in [6.45, 7) is 3.96. The maximum absolute atomic E-state index is 13.0. The average molecular weight is 424 g/mol. The zero-order valence-corrected chi connectivity index (χ0v) is 18.4. The second-order valence-electron chi connectivity index (χ2n) is 8.76. The maximum atomic E-state index is 13.0. The quantitative estimate of drug-likeness (QED) is 0.448. The molecule has 4 aromatic rings. The Balaban J connectivity index is 1.28. The summed E-state index contributed by atoms with van der Waals surface area (Å²) in [7, 11) is 0. The van der Waals surface area contributed by atoms with Crippen molar-refractivity contribution in [3.05, 3.63) is 107 Å². The Bertz CT molecular complexity index is 1150. The highest BCUT2D eigenvalue weighted by Gasteiger charge is 2.28. The molecule has 0 unspecified atom stereocenters. The number of aromatic amines is 1. The molecule has 2 N–H and O–H groups in total. The summed E-state index contributed by atoms with van der Waals surface area (Å²) in [6, 6.07) is 28.0. The molecule has 0 radical (unpaired) electrons. The Hall–Kier alpha value is -3.37. The van der Waals surface area contributed by atoms with Crippen molar-refractivity contribution in [2.45, 2.75) is 31.8 Å². The Kier molecular flexibility index (Phi) is 5.78. The van der Waals surface area contributed by atoms with Gasteiger partial charge in [-0.2, -0.15) is 0 Å². The second kappa shape index (κ2) is 9.01. The van der Waals surface area contributed by atoms with E-state index in [1.165, 1.54) is 11.1 Å². The lowest BCUT2D eigenvalue weighted by Crippen LogP contribution is -2.45. The van der Waals surface area contributed by atoms with Gasteiger partial charge in [-0.3, -0.25) is 9.69 Å². The number of benzene rings is 3. The van der Waals surface area contributed by atoms with Crippen LogP contribution in [0.2, 0.25) is 0 Å². The van der Waals surface area contributed by atoms with Crippen molar-refractivity contribution < 1.29 is 4.79 Å². The van der Waals surface area contributed by atoms with Gasteiger partial charge in [0.05, 0.1) is 11.6 Å². The number of aromatic nitrogens is 1. The van der Waals surface area contributed by atoms with E-state index in [0.29, 0.717) is 0 Å². The third kappa shape index (κ3) is 4.19. The number of carbonyl (C=O) groups is 1. The van der Waals surface area contributed by atoms with Gasteiger partial charge in [0.1, 0.15) is 0 Å². The number of H-pyrrole nitrogens is 1. The smallest absolute Gasteiger partial charge is 0.253 e. The van der Waals surface area contributed by atoms with Crippen molar-refractivity contribution >= 4 is 16.8 Å². The normalized spacial score (nSPS) is 15.3. The molecule has 162 valence electrons. The molecule has 1 fully saturated rings. The fourth-order valence-electron chi connectivity index (χ4n) is 4.87. The van der Waals surface area contributed by atoms with Gasteiger partial charge in [-0.25, -0.2) is 0 Å². The van der Waals surface area contributed by atoms with E-state index in [1.807, 2.05) is 12.3 Å². The van der Waals surface area contributed by atoms with Gasteiger partial charge in [0, 0.05) is 36.2 Å². The molecular weight excluding hydrogens is 394 g/mol. The largest absolute Gasteiger partial charge is 0.360 e. The highest BCUT2D eigenvalue weighted by molar-refractivity contribution is 6.07. The number of amides is 1. The van der Waals surface area contributed by atoms with Gasteiger partial charge in [-0.1, -0.05) is 72.3 Å². The van der Waals surface area contributed by atoms with Crippen molar-refractivity contribution in [1.29, 1.82) is 0 Å². The molecule has 1 aromatic heterocycles. The number of aryl methyl sites for hydroxylation is 1. The van der Waals surface area contributed by atoms with Crippen molar-refractivity contribution in [2.75, 3.05) is 13.1 Å². The lowest BCUT2D eigenvalue weighted by Gasteiger charge is -2.38. The van der Waals surface area contributed by atoms with Gasteiger partial charge < -0.3 is 10.3 Å². The predicted molar refractivity (Wildman–Crippen MR) is 130 cm³/mol. The summed E-state index contributed by atoms with van der Waals surface area (Å²) in [4.78, 5) is 18.8. The molecule has 3 aromatic carbocycles. The van der Waals surface area contributed by atoms with E-state index >= 15 is 0 Å². The summed E-state index contributed by atoms with van der Waals surface area (Å²) in [5.74, 6) is 0.0166. The van der Waals surface area contributed by atoms with Crippen LogP contribution in [0.1, 0.15) is 45.9 Å². The number of rotatable bonds is 5. The van der Waals surface area contributed by atoms with Crippen LogP contribution >= 0.6 is 0 Å². The molecule has 0 saturated carbocycles. The van der Waals surface area contributed by atoms with Gasteiger partial charge >= 0.3 is 0 Å². The number of piperidine rings is 1. The summed E-state index contributed by atoms with van der Waals surface area (Å²) in [6.07, 6.45) is 3.72. The Morgan fingerprint density at radius 2 is 1.56 bits per heavy atom. The Morgan fingerprint density at radius 1 is 0.938 bits per heavy atom. The molecule has 5 rings (SSSR count). The van der Waals surface area contributed by atoms with E-state index in [0.717, 1.165) is 48.0 Å². The summed E-state index contributed by atoms with van der Waals surface area (Å²) in [5.41, 5.74) is 5.53. The Labute approximate surface area is 189 Å². The number of likely N-dealkylation sites (tertiary alicyclic amines) is 1. The van der Waals surface area contributed by atoms with Gasteiger partial charge in [0.25, 0.3) is 5.91 Å². The number of nitrogens with one attached hydrogen (secondary N) is 2. The van der Waals surface area contributed by atoms with Crippen molar-refractivity contribution in [2.24, 2.45) is 0 Å². The molecule has 4 nitrogen and oxygen atoms in total. The number of hydrogen-bond donors (Lipinski definition) is 2. The molecule has 0 spiro atoms. The van der Waals surface area contributed by atoms with Crippen LogP contribution in [0.25, 0.3) is 10.9 Å². The molecule has 1 aliphatic heterocycles. The van der Waals surface area contributed by atoms with E-state index in [2.05, 4.69) is 94.9 Å². The molecule has 0 atom stereocenters. The van der Waals surface area contributed by atoms with Crippen LogP contribution in [-0.2, 0) is 0 Å². The van der Waals surface area contributed by atoms with Crippen LogP contribution in [-0.4, -0.2) is 34.9 Å². The number of fused-ring (bicyclic) bond motifs is 1. The van der Waals surface area contributed by atoms with E-state index in [-0.39, 0.29) is 18.0 Å². The molecule has 0 bridgehead atoms. The minimum Gasteiger partial charge on any atom is -0.360 e. The van der Waals surface area contributed by atoms with Gasteiger partial charge in [0.15, 0.2) is 0 Å². The molecular formula is C28H29N3O. The summed E-state index contributed by atoms with van der Waals surface area (Å²) >= 11 is 0. The first-order valence-corrected chi connectivity index (χ1v) is 11.4. The highest BCUT2D eigenvalue weighted by atomic mass is 16.1.